The van der Waals surface area contributed by atoms with Gasteiger partial charge in [0, 0.05) is 17.6 Å². The number of hydrogen-bond acceptors (Lipinski definition) is 3. The number of hydrazine groups is 1. The monoisotopic (exact) mass is 372 g/mol. The highest BCUT2D eigenvalue weighted by Gasteiger charge is 2.34. The van der Waals surface area contributed by atoms with E-state index in [9.17, 15) is 9.59 Å². The lowest BCUT2D eigenvalue weighted by Crippen LogP contribution is -2.35. The lowest BCUT2D eigenvalue weighted by atomic mass is 10.1. The Kier molecular flexibility index (Phi) is 4.31. The minimum Gasteiger partial charge on any atom is -0.303 e. The van der Waals surface area contributed by atoms with Crippen LogP contribution >= 0.6 is 0 Å². The molecule has 1 aromatic carbocycles. The van der Waals surface area contributed by atoms with E-state index in [2.05, 4.69) is 10.4 Å². The Balaban J connectivity index is 1.73. The number of aromatic nitrogens is 2. The Morgan fingerprint density at radius 3 is 2.46 bits per heavy atom. The molecule has 0 aliphatic carbocycles. The van der Waals surface area contributed by atoms with Crippen molar-refractivity contribution in [2.24, 2.45) is 0 Å². The van der Waals surface area contributed by atoms with Crippen molar-refractivity contribution in [2.75, 3.05) is 5.01 Å². The fourth-order valence-electron chi connectivity index (χ4n) is 3.40. The van der Waals surface area contributed by atoms with Crippen LogP contribution < -0.4 is 10.4 Å². The molecule has 0 bridgehead atoms. The van der Waals surface area contributed by atoms with Crippen LogP contribution in [0, 0.1) is 20.8 Å². The van der Waals surface area contributed by atoms with Crippen LogP contribution in [-0.4, -0.2) is 21.4 Å². The number of nitrogens with one attached hydrogen (secondary N) is 1. The molecule has 6 nitrogen and oxygen atoms in total. The minimum atomic E-state index is -0.410. The highest BCUT2D eigenvalue weighted by Crippen LogP contribution is 2.25. The van der Waals surface area contributed by atoms with Gasteiger partial charge in [0.05, 0.1) is 5.69 Å². The summed E-state index contributed by atoms with van der Waals surface area (Å²) in [6.07, 6.45) is 3.42. The van der Waals surface area contributed by atoms with Crippen LogP contribution in [0.3, 0.4) is 0 Å². The highest BCUT2D eigenvalue weighted by molar-refractivity contribution is 6.31. The molecular weight excluding hydrogens is 352 g/mol. The molecule has 1 saturated heterocycles. The largest absolute Gasteiger partial charge is 0.303 e. The van der Waals surface area contributed by atoms with E-state index < -0.39 is 5.91 Å². The van der Waals surface area contributed by atoms with Crippen molar-refractivity contribution in [2.45, 2.75) is 20.8 Å². The molecule has 1 N–H and O–H groups in total. The fourth-order valence-corrected chi connectivity index (χ4v) is 3.40. The van der Waals surface area contributed by atoms with Gasteiger partial charge >= 0.3 is 0 Å². The predicted molar refractivity (Wildman–Crippen MR) is 108 cm³/mol. The van der Waals surface area contributed by atoms with Crippen molar-refractivity contribution in [3.05, 3.63) is 82.8 Å². The normalized spacial score (nSPS) is 15.4. The standard InChI is InChI=1S/C22H20N4O2/c1-14-9-10-23-20(11-14)25-15(2)12-17(16(25)3)13-19-21(27)24-26(22(19)28)18-7-5-4-6-8-18/h4-13H,1-3H3,(H,24,27). The molecule has 2 aromatic heterocycles. The lowest BCUT2D eigenvalue weighted by molar-refractivity contribution is -0.117. The number of benzene rings is 1. The van der Waals surface area contributed by atoms with Gasteiger partial charge in [0.2, 0.25) is 0 Å². The molecule has 0 atom stereocenters. The van der Waals surface area contributed by atoms with Gasteiger partial charge < -0.3 is 4.57 Å². The zero-order chi connectivity index (χ0) is 19.8. The van der Waals surface area contributed by atoms with Gasteiger partial charge in [-0.05, 0) is 68.3 Å². The van der Waals surface area contributed by atoms with Gasteiger partial charge in [0.1, 0.15) is 11.4 Å². The molecule has 3 aromatic rings. The summed E-state index contributed by atoms with van der Waals surface area (Å²) in [6, 6.07) is 14.9. The molecule has 1 aliphatic rings. The molecule has 3 heterocycles. The van der Waals surface area contributed by atoms with E-state index in [1.807, 2.05) is 61.7 Å². The molecule has 140 valence electrons. The number of hydrogen-bond donors (Lipinski definition) is 1. The number of carbonyl (C=O) groups is 2. The quantitative estimate of drug-likeness (QED) is 0.567. The van der Waals surface area contributed by atoms with Crippen LogP contribution in [0.25, 0.3) is 11.9 Å². The third-order valence-corrected chi connectivity index (χ3v) is 4.81. The van der Waals surface area contributed by atoms with Crippen LogP contribution in [0.5, 0.6) is 0 Å². The van der Waals surface area contributed by atoms with Gasteiger partial charge in [0.25, 0.3) is 11.8 Å². The minimum absolute atomic E-state index is 0.112. The maximum Gasteiger partial charge on any atom is 0.282 e. The summed E-state index contributed by atoms with van der Waals surface area (Å²) in [5, 5.41) is 1.27. The molecule has 1 fully saturated rings. The summed E-state index contributed by atoms with van der Waals surface area (Å²) in [7, 11) is 0. The molecule has 28 heavy (non-hydrogen) atoms. The van der Waals surface area contributed by atoms with Crippen LogP contribution in [-0.2, 0) is 9.59 Å². The van der Waals surface area contributed by atoms with E-state index in [0.29, 0.717) is 5.69 Å². The van der Waals surface area contributed by atoms with Crippen molar-refractivity contribution in [1.82, 2.24) is 15.0 Å². The lowest BCUT2D eigenvalue weighted by Gasteiger charge is -2.13. The third kappa shape index (κ3) is 2.99. The van der Waals surface area contributed by atoms with E-state index in [0.717, 1.165) is 28.3 Å². The highest BCUT2D eigenvalue weighted by atomic mass is 16.2. The van der Waals surface area contributed by atoms with E-state index in [1.54, 1.807) is 24.4 Å². The molecule has 0 saturated carbocycles. The second-order valence-corrected chi connectivity index (χ2v) is 6.83. The van der Waals surface area contributed by atoms with E-state index >= 15 is 0 Å². The van der Waals surface area contributed by atoms with Gasteiger partial charge in [-0.1, -0.05) is 18.2 Å². The second-order valence-electron chi connectivity index (χ2n) is 6.83. The first kappa shape index (κ1) is 17.7. The average molecular weight is 372 g/mol. The van der Waals surface area contributed by atoms with Crippen LogP contribution in [0.4, 0.5) is 5.69 Å². The molecule has 2 amide bonds. The Labute approximate surface area is 163 Å². The van der Waals surface area contributed by atoms with Crippen molar-refractivity contribution in [1.29, 1.82) is 0 Å². The number of para-hydroxylation sites is 1. The Bertz CT molecular complexity index is 1110. The SMILES string of the molecule is Cc1ccnc(-n2c(C)cc(C=C3C(=O)NN(c4ccccc4)C3=O)c2C)c1. The molecule has 0 unspecified atom stereocenters. The van der Waals surface area contributed by atoms with Gasteiger partial charge in [-0.15, -0.1) is 0 Å². The van der Waals surface area contributed by atoms with Crippen molar-refractivity contribution < 1.29 is 9.59 Å². The summed E-state index contributed by atoms with van der Waals surface area (Å²) >= 11 is 0. The maximum atomic E-state index is 12.8. The molecule has 0 spiro atoms. The van der Waals surface area contributed by atoms with Gasteiger partial charge in [0.15, 0.2) is 0 Å². The van der Waals surface area contributed by atoms with Gasteiger partial charge in [-0.25, -0.2) is 9.99 Å². The zero-order valence-electron chi connectivity index (χ0n) is 15.9. The smallest absolute Gasteiger partial charge is 0.282 e. The molecule has 4 rings (SSSR count). The zero-order valence-corrected chi connectivity index (χ0v) is 15.9. The summed E-state index contributed by atoms with van der Waals surface area (Å²) in [4.78, 5) is 29.7. The molecule has 0 radical (unpaired) electrons. The predicted octanol–water partition coefficient (Wildman–Crippen LogP) is 3.26. The van der Waals surface area contributed by atoms with Crippen molar-refractivity contribution in [3.63, 3.8) is 0 Å². The van der Waals surface area contributed by atoms with E-state index in [4.69, 9.17) is 0 Å². The van der Waals surface area contributed by atoms with Gasteiger partial charge in [-0.2, -0.15) is 0 Å². The number of pyridine rings is 1. The molecule has 6 heteroatoms. The number of nitrogens with zero attached hydrogens (tertiary/aromatic N) is 3. The third-order valence-electron chi connectivity index (χ3n) is 4.81. The topological polar surface area (TPSA) is 67.2 Å². The number of aryl methyl sites for hydroxylation is 2. The van der Waals surface area contributed by atoms with Gasteiger partial charge in [-0.3, -0.25) is 15.0 Å². The number of rotatable bonds is 3. The average Bonchev–Trinajstić information content (AvgIpc) is 3.12. The van der Waals surface area contributed by atoms with Crippen molar-refractivity contribution >= 4 is 23.6 Å². The Hall–Kier alpha value is -3.67. The first-order valence-corrected chi connectivity index (χ1v) is 9.00. The van der Waals surface area contributed by atoms with Crippen LogP contribution in [0.1, 0.15) is 22.5 Å². The summed E-state index contributed by atoms with van der Waals surface area (Å²) in [5.41, 5.74) is 7.19. The number of anilines is 1. The Morgan fingerprint density at radius 1 is 1.00 bits per heavy atom. The first-order valence-electron chi connectivity index (χ1n) is 9.00. The van der Waals surface area contributed by atoms with E-state index in [-0.39, 0.29) is 11.5 Å². The maximum absolute atomic E-state index is 12.8. The first-order chi connectivity index (χ1) is 13.5. The number of amides is 2. The summed E-state index contributed by atoms with van der Waals surface area (Å²) < 4.78 is 2.02. The van der Waals surface area contributed by atoms with Crippen LogP contribution in [0.15, 0.2) is 60.3 Å². The van der Waals surface area contributed by atoms with Crippen molar-refractivity contribution in [3.8, 4) is 5.82 Å². The fraction of sp³-hybridized carbons (Fsp3) is 0.136. The summed E-state index contributed by atoms with van der Waals surface area (Å²) in [5.74, 6) is 0.0368. The summed E-state index contributed by atoms with van der Waals surface area (Å²) in [6.45, 7) is 5.95. The molecular formula is C22H20N4O2. The number of carbonyl (C=O) groups excluding carboxylic acids is 2. The Morgan fingerprint density at radius 2 is 1.75 bits per heavy atom. The van der Waals surface area contributed by atoms with E-state index in [1.165, 1.54) is 5.01 Å². The van der Waals surface area contributed by atoms with Crippen LogP contribution in [0.2, 0.25) is 0 Å². The molecule has 1 aliphatic heterocycles. The second kappa shape index (κ2) is 6.81.